The highest BCUT2D eigenvalue weighted by molar-refractivity contribution is 5.90. The second kappa shape index (κ2) is 14.9. The number of carboxylic acid groups (broad SMARTS) is 1. The Hall–Kier alpha value is -4.55. The van der Waals surface area contributed by atoms with Crippen LogP contribution in [0.25, 0.3) is 0 Å². The van der Waals surface area contributed by atoms with Crippen LogP contribution in [-0.4, -0.2) is 91.0 Å². The number of carbonyl (C=O) groups is 2. The molecule has 49 heavy (non-hydrogen) atoms. The number of aliphatic hydroxyl groups excluding tert-OH is 2. The van der Waals surface area contributed by atoms with Gasteiger partial charge in [0, 0.05) is 24.2 Å². The molecule has 0 aromatic heterocycles. The number of aliphatic hydroxyl groups is 2. The largest absolute Gasteiger partial charge is 0.492 e. The van der Waals surface area contributed by atoms with E-state index in [0.717, 1.165) is 36.0 Å². The second-order valence-corrected chi connectivity index (χ2v) is 11.9. The lowest BCUT2D eigenvalue weighted by Gasteiger charge is -2.40. The van der Waals surface area contributed by atoms with Gasteiger partial charge in [0.15, 0.2) is 29.6 Å². The zero-order valence-electron chi connectivity index (χ0n) is 26.9. The first-order valence-corrected chi connectivity index (χ1v) is 15.9. The third kappa shape index (κ3) is 7.40. The monoisotopic (exact) mass is 689 g/mol. The van der Waals surface area contributed by atoms with Gasteiger partial charge in [-0.05, 0) is 36.6 Å². The number of carboxylic acids is 1. The number of hydrogen-bond donors (Lipinski definition) is 5. The van der Waals surface area contributed by atoms with Crippen molar-refractivity contribution in [3.63, 3.8) is 0 Å². The van der Waals surface area contributed by atoms with Gasteiger partial charge in [0.2, 0.25) is 12.8 Å². The molecule has 6 N–H and O–H groups in total. The third-order valence-electron chi connectivity index (χ3n) is 8.59. The number of unbranched alkanes of at least 4 members (excludes halogenated alkanes) is 2. The summed E-state index contributed by atoms with van der Waals surface area (Å²) in [5.74, 6) is 0.154. The zero-order chi connectivity index (χ0) is 34.7. The molecule has 0 amide bonds. The Morgan fingerprint density at radius 3 is 2.59 bits per heavy atom. The quantitative estimate of drug-likeness (QED) is 0.0380. The lowest BCUT2D eigenvalue weighted by atomic mass is 9.87. The van der Waals surface area contributed by atoms with Crippen LogP contribution in [0.4, 0.5) is 0 Å². The number of rotatable bonds is 13. The highest BCUT2D eigenvalue weighted by atomic mass is 17.2. The summed E-state index contributed by atoms with van der Waals surface area (Å²) in [4.78, 5) is 43.3. The summed E-state index contributed by atoms with van der Waals surface area (Å²) < 4.78 is 34.3. The minimum Gasteiger partial charge on any atom is -0.492 e. The van der Waals surface area contributed by atoms with E-state index in [1.54, 1.807) is 12.1 Å². The Bertz CT molecular complexity index is 1570. The van der Waals surface area contributed by atoms with E-state index in [-0.39, 0.29) is 24.4 Å². The fraction of sp³-hybridized carbons (Fsp3) is 0.531. The molecule has 0 unspecified atom stereocenters. The predicted octanol–water partition coefficient (Wildman–Crippen LogP) is 1.37. The van der Waals surface area contributed by atoms with Crippen LogP contribution in [0.1, 0.15) is 61.3 Å². The lowest BCUT2D eigenvalue weighted by Crippen LogP contribution is -2.62. The van der Waals surface area contributed by atoms with E-state index >= 15 is 0 Å². The first-order chi connectivity index (χ1) is 23.7. The van der Waals surface area contributed by atoms with Crippen LogP contribution >= 0.6 is 0 Å². The fourth-order valence-corrected chi connectivity index (χ4v) is 6.13. The molecule has 0 aliphatic carbocycles. The van der Waals surface area contributed by atoms with E-state index in [9.17, 15) is 19.8 Å². The van der Waals surface area contributed by atoms with Crippen molar-refractivity contribution in [2.45, 2.75) is 81.8 Å². The predicted molar refractivity (Wildman–Crippen MR) is 165 cm³/mol. The number of aryl methyl sites for hydroxylation is 1. The van der Waals surface area contributed by atoms with Crippen molar-refractivity contribution in [2.75, 3.05) is 27.1 Å². The van der Waals surface area contributed by atoms with Crippen molar-refractivity contribution >= 4 is 17.9 Å². The Morgan fingerprint density at radius 2 is 1.84 bits per heavy atom. The Balaban J connectivity index is 1.22. The standard InChI is InChI=1S/C32H39N3O14/c1-3-4-5-6-15-7-16(8-18-27(15)42-12-19-17-9-21-22(44-14-43-21)10-20(17)45-28(18)19)48-49-30-29(47-35-32(33)34-2)26(39)23(46-31(30)40)13-41-25(38)11-24(36)37/h7-10,19,23,26,28-31,39-40H,3-6,11-14H2,1-2H3,(H,36,37)(H3,33,34,35)/t19-,23-,26-,28-,29+,30-,31-/m1/s1. The van der Waals surface area contributed by atoms with Gasteiger partial charge in [-0.25, -0.2) is 5.48 Å². The molecule has 4 aliphatic rings. The summed E-state index contributed by atoms with van der Waals surface area (Å²) in [7, 11) is 1.40. The molecule has 2 aromatic rings. The number of fused-ring (bicyclic) bond motifs is 6. The van der Waals surface area contributed by atoms with Gasteiger partial charge in [-0.3, -0.25) is 19.4 Å². The number of nitrogens with zero attached hydrogens (tertiary/aromatic N) is 1. The summed E-state index contributed by atoms with van der Waals surface area (Å²) in [5.41, 5.74) is 10.6. The molecule has 17 heteroatoms. The highest BCUT2D eigenvalue weighted by Crippen LogP contribution is 2.55. The molecule has 6 rings (SSSR count). The number of hydroxylamine groups is 1. The molecule has 0 radical (unpaired) electrons. The smallest absolute Gasteiger partial charge is 0.317 e. The number of hydrogen-bond acceptors (Lipinski definition) is 14. The summed E-state index contributed by atoms with van der Waals surface area (Å²) in [5, 5.41) is 30.8. The Kier molecular flexibility index (Phi) is 10.4. The van der Waals surface area contributed by atoms with Crippen LogP contribution in [-0.2, 0) is 35.2 Å². The van der Waals surface area contributed by atoms with E-state index in [2.05, 4.69) is 17.4 Å². The molecule has 7 atom stereocenters. The van der Waals surface area contributed by atoms with E-state index in [1.807, 2.05) is 12.1 Å². The number of aliphatic carboxylic acids is 1. The number of aliphatic imine (C=N–C) groups is 1. The van der Waals surface area contributed by atoms with Crippen LogP contribution < -0.4 is 35.0 Å². The van der Waals surface area contributed by atoms with E-state index in [1.165, 1.54) is 7.05 Å². The maximum Gasteiger partial charge on any atom is 0.317 e. The van der Waals surface area contributed by atoms with Gasteiger partial charge in [0.1, 0.15) is 48.9 Å². The highest BCUT2D eigenvalue weighted by Gasteiger charge is 2.49. The molecule has 0 saturated carbocycles. The Morgan fingerprint density at radius 1 is 1.04 bits per heavy atom. The summed E-state index contributed by atoms with van der Waals surface area (Å²) in [6.45, 7) is 2.07. The van der Waals surface area contributed by atoms with Crippen LogP contribution in [0, 0.1) is 0 Å². The number of nitrogens with two attached hydrogens (primary N) is 1. The minimum atomic E-state index is -1.77. The molecule has 2 aromatic carbocycles. The lowest BCUT2D eigenvalue weighted by molar-refractivity contribution is -0.372. The van der Waals surface area contributed by atoms with E-state index in [0.29, 0.717) is 36.0 Å². The molecule has 1 saturated heterocycles. The number of benzene rings is 2. The molecule has 4 heterocycles. The van der Waals surface area contributed by atoms with Gasteiger partial charge in [0.05, 0.1) is 12.5 Å². The molecular formula is C32H39N3O14. The van der Waals surface area contributed by atoms with E-state index in [4.69, 9.17) is 53.9 Å². The molecule has 1 fully saturated rings. The van der Waals surface area contributed by atoms with Gasteiger partial charge in [-0.2, -0.15) is 4.89 Å². The third-order valence-corrected chi connectivity index (χ3v) is 8.59. The number of carbonyl (C=O) groups excluding carboxylic acids is 1. The zero-order valence-corrected chi connectivity index (χ0v) is 26.9. The van der Waals surface area contributed by atoms with E-state index < -0.39 is 61.8 Å². The minimum absolute atomic E-state index is 0.128. The van der Waals surface area contributed by atoms with Crippen molar-refractivity contribution in [1.82, 2.24) is 5.48 Å². The van der Waals surface area contributed by atoms with Crippen molar-refractivity contribution in [3.8, 4) is 28.7 Å². The van der Waals surface area contributed by atoms with Gasteiger partial charge in [-0.1, -0.05) is 19.8 Å². The molecule has 0 spiro atoms. The molecule has 0 bridgehead atoms. The SMILES string of the molecule is CCCCCc1cc(OO[C@@H]2[C@@H](ONC(N)=NC)[C@H](O)[C@@H](COC(=O)CC(=O)O)O[C@H]2O)cc2c1OC[C@@H]1c3cc4c(cc3O[C@H]21)OCO4. The first kappa shape index (κ1) is 34.3. The van der Waals surface area contributed by atoms with Crippen LogP contribution in [0.3, 0.4) is 0 Å². The average molecular weight is 690 g/mol. The molecule has 17 nitrogen and oxygen atoms in total. The Labute approximate surface area is 280 Å². The van der Waals surface area contributed by atoms with Crippen molar-refractivity contribution in [2.24, 2.45) is 10.7 Å². The molecular weight excluding hydrogens is 650 g/mol. The summed E-state index contributed by atoms with van der Waals surface area (Å²) in [6, 6.07) is 7.25. The summed E-state index contributed by atoms with van der Waals surface area (Å²) in [6.07, 6.45) is -5.28. The average Bonchev–Trinajstić information content (AvgIpc) is 3.69. The summed E-state index contributed by atoms with van der Waals surface area (Å²) >= 11 is 0. The molecule has 266 valence electrons. The number of ether oxygens (including phenoxy) is 6. The van der Waals surface area contributed by atoms with Crippen molar-refractivity contribution in [1.29, 1.82) is 0 Å². The molecule has 4 aliphatic heterocycles. The maximum absolute atomic E-state index is 11.8. The van der Waals surface area contributed by atoms with Crippen LogP contribution in [0.2, 0.25) is 0 Å². The maximum atomic E-state index is 11.8. The van der Waals surface area contributed by atoms with Crippen LogP contribution in [0.15, 0.2) is 29.3 Å². The van der Waals surface area contributed by atoms with Gasteiger partial charge < -0.3 is 54.4 Å². The van der Waals surface area contributed by atoms with Crippen molar-refractivity contribution in [3.05, 3.63) is 41.0 Å². The number of nitrogens with one attached hydrogen (secondary N) is 1. The first-order valence-electron chi connectivity index (χ1n) is 15.9. The van der Waals surface area contributed by atoms with Gasteiger partial charge >= 0.3 is 11.9 Å². The van der Waals surface area contributed by atoms with Crippen LogP contribution in [0.5, 0.6) is 28.7 Å². The second-order valence-electron chi connectivity index (χ2n) is 11.9. The van der Waals surface area contributed by atoms with Gasteiger partial charge in [0.25, 0.3) is 0 Å². The number of guanidine groups is 1. The normalized spacial score (nSPS) is 26.4. The topological polar surface area (TPSA) is 228 Å². The van der Waals surface area contributed by atoms with Gasteiger partial charge in [-0.15, -0.1) is 0 Å². The van der Waals surface area contributed by atoms with Crippen molar-refractivity contribution < 1.29 is 67.9 Å². The fourth-order valence-electron chi connectivity index (χ4n) is 6.13. The number of esters is 1.